The Bertz CT molecular complexity index is 572. The molecule has 120 valence electrons. The second-order valence-electron chi connectivity index (χ2n) is 4.25. The number of ether oxygens (including phenoxy) is 2. The lowest BCUT2D eigenvalue weighted by atomic mass is 10.3. The molecule has 9 heteroatoms. The number of halogens is 3. The smallest absolute Gasteiger partial charge is 0.411 e. The highest BCUT2D eigenvalue weighted by Crippen LogP contribution is 2.27. The summed E-state index contributed by atoms with van der Waals surface area (Å²) in [5.41, 5.74) is 5.87. The van der Waals surface area contributed by atoms with Crippen molar-refractivity contribution >= 4 is 15.5 Å². The average Bonchev–Trinajstić information content (AvgIpc) is 2.36. The molecule has 5 nitrogen and oxygen atoms in total. The molecule has 1 rings (SSSR count). The van der Waals surface area contributed by atoms with Crippen LogP contribution in [-0.4, -0.2) is 40.7 Å². The zero-order valence-electron chi connectivity index (χ0n) is 11.3. The van der Waals surface area contributed by atoms with E-state index in [4.69, 9.17) is 10.5 Å². The van der Waals surface area contributed by atoms with Crippen molar-refractivity contribution in [2.75, 3.05) is 31.8 Å². The zero-order chi connectivity index (χ0) is 16.1. The Balaban J connectivity index is 2.62. The molecule has 0 aromatic heterocycles. The Morgan fingerprint density at radius 1 is 1.29 bits per heavy atom. The molecule has 0 unspecified atom stereocenters. The van der Waals surface area contributed by atoms with Crippen molar-refractivity contribution in [1.29, 1.82) is 0 Å². The molecule has 0 amide bonds. The lowest BCUT2D eigenvalue weighted by Crippen LogP contribution is -2.18. The Morgan fingerprint density at radius 3 is 2.52 bits per heavy atom. The number of methoxy groups -OCH3 is 1. The van der Waals surface area contributed by atoms with Crippen LogP contribution in [0.15, 0.2) is 23.1 Å². The van der Waals surface area contributed by atoms with Gasteiger partial charge in [0.2, 0.25) is 0 Å². The number of hydrogen-bond acceptors (Lipinski definition) is 5. The van der Waals surface area contributed by atoms with Crippen LogP contribution in [0.25, 0.3) is 0 Å². The first-order valence-electron chi connectivity index (χ1n) is 5.96. The Kier molecular flexibility index (Phi) is 5.85. The Labute approximate surface area is 120 Å². The van der Waals surface area contributed by atoms with Gasteiger partial charge in [0.05, 0.1) is 12.9 Å². The molecule has 0 heterocycles. The number of anilines is 1. The van der Waals surface area contributed by atoms with E-state index in [1.807, 2.05) is 0 Å². The molecule has 21 heavy (non-hydrogen) atoms. The van der Waals surface area contributed by atoms with Crippen molar-refractivity contribution in [3.8, 4) is 5.75 Å². The molecule has 1 aromatic carbocycles. The first kappa shape index (κ1) is 17.6. The van der Waals surface area contributed by atoms with Crippen molar-refractivity contribution in [3.05, 3.63) is 18.2 Å². The largest absolute Gasteiger partial charge is 0.495 e. The molecule has 0 radical (unpaired) electrons. The van der Waals surface area contributed by atoms with Crippen LogP contribution in [0.1, 0.15) is 6.42 Å². The van der Waals surface area contributed by atoms with Gasteiger partial charge in [0, 0.05) is 18.4 Å². The van der Waals surface area contributed by atoms with Crippen LogP contribution in [0.5, 0.6) is 5.75 Å². The molecule has 0 atom stereocenters. The van der Waals surface area contributed by atoms with Crippen molar-refractivity contribution in [3.63, 3.8) is 0 Å². The van der Waals surface area contributed by atoms with Gasteiger partial charge in [-0.3, -0.25) is 0 Å². The quantitative estimate of drug-likeness (QED) is 0.612. The number of rotatable bonds is 7. The van der Waals surface area contributed by atoms with E-state index in [9.17, 15) is 21.6 Å². The normalized spacial score (nSPS) is 12.4. The fourth-order valence-corrected chi connectivity index (χ4v) is 3.03. The molecule has 0 spiro atoms. The van der Waals surface area contributed by atoms with Gasteiger partial charge >= 0.3 is 6.18 Å². The van der Waals surface area contributed by atoms with Gasteiger partial charge in [-0.15, -0.1) is 0 Å². The fourth-order valence-electron chi connectivity index (χ4n) is 1.59. The van der Waals surface area contributed by atoms with Crippen LogP contribution in [0.2, 0.25) is 0 Å². The van der Waals surface area contributed by atoms with Crippen molar-refractivity contribution < 1.29 is 31.1 Å². The molecule has 0 bridgehead atoms. The van der Waals surface area contributed by atoms with Gasteiger partial charge in [-0.05, 0) is 18.6 Å². The molecule has 0 aliphatic rings. The summed E-state index contributed by atoms with van der Waals surface area (Å²) < 4.78 is 69.0. The maximum absolute atomic E-state index is 12.1. The summed E-state index contributed by atoms with van der Waals surface area (Å²) in [5, 5.41) is 0. The Morgan fingerprint density at radius 2 is 1.95 bits per heavy atom. The van der Waals surface area contributed by atoms with Gasteiger partial charge < -0.3 is 15.2 Å². The maximum atomic E-state index is 12.1. The van der Waals surface area contributed by atoms with Crippen LogP contribution >= 0.6 is 0 Å². The molecular formula is C12H16F3NO4S. The highest BCUT2D eigenvalue weighted by molar-refractivity contribution is 7.91. The number of nitrogen functional groups attached to an aromatic ring is 1. The third-order valence-electron chi connectivity index (χ3n) is 2.49. The first-order chi connectivity index (χ1) is 9.65. The zero-order valence-corrected chi connectivity index (χ0v) is 12.1. The minimum absolute atomic E-state index is 0.0463. The average molecular weight is 327 g/mol. The lowest BCUT2D eigenvalue weighted by molar-refractivity contribution is -0.173. The predicted octanol–water partition coefficient (Wildman–Crippen LogP) is 2.02. The summed E-state index contributed by atoms with van der Waals surface area (Å²) in [4.78, 5) is -0.0463. The number of sulfone groups is 1. The summed E-state index contributed by atoms with van der Waals surface area (Å²) in [7, 11) is -2.37. The van der Waals surface area contributed by atoms with Gasteiger partial charge in [-0.2, -0.15) is 13.2 Å². The molecule has 0 fully saturated rings. The molecule has 0 saturated heterocycles. The molecule has 1 aromatic rings. The van der Waals surface area contributed by atoms with E-state index in [-0.39, 0.29) is 29.4 Å². The standard InChI is InChI=1S/C12H16F3NO4S/c1-19-10-7-9(16)3-4-11(10)21(17,18)6-2-5-20-8-12(13,14)15/h3-4,7H,2,5-6,8,16H2,1H3. The molecule has 2 N–H and O–H groups in total. The monoisotopic (exact) mass is 327 g/mol. The first-order valence-corrected chi connectivity index (χ1v) is 7.62. The minimum Gasteiger partial charge on any atom is -0.495 e. The third-order valence-corrected chi connectivity index (χ3v) is 4.32. The molecule has 0 aliphatic carbocycles. The maximum Gasteiger partial charge on any atom is 0.411 e. The van der Waals surface area contributed by atoms with Crippen LogP contribution in [0, 0.1) is 0 Å². The summed E-state index contributed by atoms with van der Waals surface area (Å²) >= 11 is 0. The second-order valence-corrected chi connectivity index (χ2v) is 6.33. The topological polar surface area (TPSA) is 78.6 Å². The summed E-state index contributed by atoms with van der Waals surface area (Å²) in [6, 6.07) is 4.09. The molecule has 0 aliphatic heterocycles. The summed E-state index contributed by atoms with van der Waals surface area (Å²) in [6.45, 7) is -1.69. The van der Waals surface area contributed by atoms with E-state index < -0.39 is 22.6 Å². The van der Waals surface area contributed by atoms with Gasteiger partial charge in [-0.25, -0.2) is 8.42 Å². The van der Waals surface area contributed by atoms with Gasteiger partial charge in [-0.1, -0.05) is 0 Å². The lowest BCUT2D eigenvalue weighted by Gasteiger charge is -2.11. The van der Waals surface area contributed by atoms with Crippen LogP contribution in [0.3, 0.4) is 0 Å². The number of hydrogen-bond donors (Lipinski definition) is 1. The van der Waals surface area contributed by atoms with E-state index in [1.165, 1.54) is 25.3 Å². The third kappa shape index (κ3) is 5.80. The Hall–Kier alpha value is -1.48. The van der Waals surface area contributed by atoms with Crippen molar-refractivity contribution in [2.45, 2.75) is 17.5 Å². The summed E-state index contributed by atoms with van der Waals surface area (Å²) in [5.74, 6) is -0.239. The van der Waals surface area contributed by atoms with E-state index in [0.29, 0.717) is 5.69 Å². The highest BCUT2D eigenvalue weighted by Gasteiger charge is 2.27. The SMILES string of the molecule is COc1cc(N)ccc1S(=O)(=O)CCCOCC(F)(F)F. The number of benzene rings is 1. The number of alkyl halides is 3. The molecular weight excluding hydrogens is 311 g/mol. The summed E-state index contributed by atoms with van der Waals surface area (Å²) in [6.07, 6.45) is -4.47. The molecule has 0 saturated carbocycles. The van der Waals surface area contributed by atoms with E-state index >= 15 is 0 Å². The van der Waals surface area contributed by atoms with Crippen LogP contribution < -0.4 is 10.5 Å². The van der Waals surface area contributed by atoms with Gasteiger partial charge in [0.15, 0.2) is 9.84 Å². The number of nitrogens with two attached hydrogens (primary N) is 1. The van der Waals surface area contributed by atoms with E-state index in [2.05, 4.69) is 4.74 Å². The van der Waals surface area contributed by atoms with Crippen LogP contribution in [-0.2, 0) is 14.6 Å². The van der Waals surface area contributed by atoms with Crippen molar-refractivity contribution in [2.24, 2.45) is 0 Å². The predicted molar refractivity (Wildman–Crippen MR) is 71.0 cm³/mol. The second kappa shape index (κ2) is 6.99. The highest BCUT2D eigenvalue weighted by atomic mass is 32.2. The van der Waals surface area contributed by atoms with Gasteiger partial charge in [0.1, 0.15) is 17.3 Å². The van der Waals surface area contributed by atoms with E-state index in [0.717, 1.165) is 0 Å². The minimum atomic E-state index is -4.42. The van der Waals surface area contributed by atoms with E-state index in [1.54, 1.807) is 0 Å². The fraction of sp³-hybridized carbons (Fsp3) is 0.500. The van der Waals surface area contributed by atoms with Gasteiger partial charge in [0.25, 0.3) is 0 Å². The van der Waals surface area contributed by atoms with Crippen LogP contribution in [0.4, 0.5) is 18.9 Å². The van der Waals surface area contributed by atoms with Crippen molar-refractivity contribution in [1.82, 2.24) is 0 Å².